The van der Waals surface area contributed by atoms with Crippen LogP contribution in [0.25, 0.3) is 0 Å². The van der Waals surface area contributed by atoms with Crippen LogP contribution in [0.15, 0.2) is 47.6 Å². The summed E-state index contributed by atoms with van der Waals surface area (Å²) < 4.78 is 68.6. The highest BCUT2D eigenvalue weighted by molar-refractivity contribution is 6.39. The van der Waals surface area contributed by atoms with E-state index in [2.05, 4.69) is 5.32 Å². The van der Waals surface area contributed by atoms with Gasteiger partial charge in [-0.1, -0.05) is 71.1 Å². The summed E-state index contributed by atoms with van der Waals surface area (Å²) in [5.41, 5.74) is 1.22. The van der Waals surface area contributed by atoms with Gasteiger partial charge >= 0.3 is 12.1 Å². The summed E-state index contributed by atoms with van der Waals surface area (Å²) in [7, 11) is 4.50. The number of esters is 1. The van der Waals surface area contributed by atoms with Crippen molar-refractivity contribution in [1.82, 2.24) is 10.2 Å². The van der Waals surface area contributed by atoms with Gasteiger partial charge in [0.15, 0.2) is 5.78 Å². The molecule has 3 fully saturated rings. The second kappa shape index (κ2) is 41.2. The maximum absolute atomic E-state index is 14.7. The third kappa shape index (κ3) is 25.4. The summed E-state index contributed by atoms with van der Waals surface area (Å²) in [6.07, 6.45) is 9.65. The predicted octanol–water partition coefficient (Wildman–Crippen LogP) is 7.03. The number of carbonyl (C=O) groups is 6. The van der Waals surface area contributed by atoms with Crippen LogP contribution in [0.5, 0.6) is 0 Å². The number of aliphatic hydroxyl groups excluding tert-OH is 1. The van der Waals surface area contributed by atoms with Crippen molar-refractivity contribution >= 4 is 35.3 Å². The molecule has 0 spiro atoms. The molecule has 0 radical (unpaired) electrons. The monoisotopic (exact) mass is 1250 g/mol. The van der Waals surface area contributed by atoms with Crippen molar-refractivity contribution in [2.75, 3.05) is 114 Å². The van der Waals surface area contributed by atoms with Crippen molar-refractivity contribution in [1.29, 1.82) is 0 Å². The van der Waals surface area contributed by atoms with Crippen LogP contribution in [0.4, 0.5) is 4.79 Å². The van der Waals surface area contributed by atoms with Crippen LogP contribution in [-0.4, -0.2) is 219 Å². The highest BCUT2D eigenvalue weighted by atomic mass is 16.6. The van der Waals surface area contributed by atoms with Crippen LogP contribution in [-0.2, 0) is 80.8 Å². The number of fused-ring (bicyclic) bond motifs is 3. The Morgan fingerprint density at radius 2 is 1.38 bits per heavy atom. The molecule has 2 amide bonds. The van der Waals surface area contributed by atoms with Gasteiger partial charge in [0, 0.05) is 71.6 Å². The fraction of sp³-hybridized carbons (Fsp3) is 0.788. The second-order valence-electron chi connectivity index (χ2n) is 24.2. The van der Waals surface area contributed by atoms with Crippen LogP contribution in [0.1, 0.15) is 132 Å². The van der Waals surface area contributed by atoms with Crippen molar-refractivity contribution in [3.05, 3.63) is 47.6 Å². The van der Waals surface area contributed by atoms with Gasteiger partial charge in [-0.3, -0.25) is 19.2 Å². The van der Waals surface area contributed by atoms with E-state index in [1.54, 1.807) is 48.0 Å². The number of ether oxygens (including phenoxy) is 12. The van der Waals surface area contributed by atoms with E-state index in [1.165, 1.54) is 12.0 Å². The van der Waals surface area contributed by atoms with Crippen LogP contribution >= 0.6 is 0 Å². The summed E-state index contributed by atoms with van der Waals surface area (Å²) in [6, 6.07) is -1.19. The first-order chi connectivity index (χ1) is 42.2. The summed E-state index contributed by atoms with van der Waals surface area (Å²) in [4.78, 5) is 85.9. The number of alkyl carbamates (subject to hydrolysis) is 1. The molecule has 3 N–H and O–H groups in total. The Balaban J connectivity index is 1.43. The molecule has 1 aliphatic carbocycles. The number of piperidine rings is 1. The number of cyclic esters (lactones) is 1. The average Bonchev–Trinajstić information content (AvgIpc) is 2.26. The van der Waals surface area contributed by atoms with Crippen molar-refractivity contribution in [3.8, 4) is 0 Å². The smallest absolute Gasteiger partial charge is 0.407 e. The second-order valence-corrected chi connectivity index (χ2v) is 24.2. The summed E-state index contributed by atoms with van der Waals surface area (Å²) in [6.45, 7) is 20.2. The lowest BCUT2D eigenvalue weighted by atomic mass is 9.78. The number of amides is 2. The minimum atomic E-state index is -2.47. The molecule has 4 rings (SSSR count). The standard InChI is InChI=1S/C66H108N2O20/c1-12-80-28-29-82-32-33-84-36-37-85-35-34-83-31-30-81-27-25-67-65(75)87-55-24-22-51(41-58(55)78-10)40-47(5)57-43-54(69)46(4)39-49(7)60(71)61(79-11)59(70)48(6)38-44(2)18-14-13-15-19-45(3)56(77-9)42-52-23-21-50(8)66(76,88-52)62(72)63(73)68-26-17-16-20-53(68)64(74)86-57/h13-15,18-19,39,44,46-48,50-53,55-58,60-61,71,76H,12,16-17,20-38,40-43H2,1-11H3,(H,67,75)/b15-13+,18-14+,45-19+,49-39+/t44-,46-,47-,48-,50-,51?,52+,53+,55-,56+,57+,58-,60?,61+,66-/m1/s1. The highest BCUT2D eigenvalue weighted by Crippen LogP contribution is 2.38. The number of hydrogen-bond acceptors (Lipinski definition) is 20. The summed E-state index contributed by atoms with van der Waals surface area (Å²) in [5, 5.41) is 26.4. The molecule has 2 saturated heterocycles. The van der Waals surface area contributed by atoms with E-state index in [1.807, 2.05) is 58.1 Å². The minimum Gasteiger partial charge on any atom is -0.460 e. The zero-order chi connectivity index (χ0) is 64.6. The Hall–Kier alpha value is -4.30. The number of nitrogens with zero attached hydrogens (tertiary/aromatic N) is 1. The molecule has 88 heavy (non-hydrogen) atoms. The summed E-state index contributed by atoms with van der Waals surface area (Å²) in [5.74, 6) is -8.51. The molecule has 502 valence electrons. The van der Waals surface area contributed by atoms with Crippen molar-refractivity contribution in [3.63, 3.8) is 0 Å². The van der Waals surface area contributed by atoms with Crippen molar-refractivity contribution < 1.29 is 95.8 Å². The average molecular weight is 1250 g/mol. The first-order valence-electron chi connectivity index (χ1n) is 32.1. The largest absolute Gasteiger partial charge is 0.460 e. The van der Waals surface area contributed by atoms with Crippen molar-refractivity contribution in [2.24, 2.45) is 35.5 Å². The Bertz CT molecular complexity index is 2240. The van der Waals surface area contributed by atoms with E-state index in [-0.39, 0.29) is 55.9 Å². The molecule has 22 heteroatoms. The molecule has 0 aromatic heterocycles. The normalized spacial score (nSPS) is 32.9. The van der Waals surface area contributed by atoms with Crippen LogP contribution in [0.3, 0.4) is 0 Å². The van der Waals surface area contributed by atoms with E-state index in [0.717, 1.165) is 5.57 Å². The topological polar surface area (TPSA) is 269 Å². The molecule has 1 saturated carbocycles. The van der Waals surface area contributed by atoms with Crippen LogP contribution < -0.4 is 5.32 Å². The zero-order valence-electron chi connectivity index (χ0n) is 54.6. The van der Waals surface area contributed by atoms with Gasteiger partial charge in [0.1, 0.15) is 36.2 Å². The van der Waals surface area contributed by atoms with Crippen LogP contribution in [0, 0.1) is 35.5 Å². The third-order valence-corrected chi connectivity index (χ3v) is 17.3. The third-order valence-electron chi connectivity index (χ3n) is 17.3. The number of ketones is 3. The molecular formula is C66H108N2O20. The number of carbonyl (C=O) groups excluding carboxylic acids is 6. The SMILES string of the molecule is CCOCCOCCOCCOCCOCCOCCNC(=O)O[C@@H]1CCC(C[C@@H](C)[C@@H]2CC(=O)[C@H](C)/C=C(\C)C(O)[C@@H](OC)C(=O)[C@H](C)C[C@H](C)/C=C/C=C/C=C(\C)[C@@H](OC)C[C@@H]3CC[C@@H](C)[C@@](O)(O3)C(=O)C(=O)N3CCCC[C@H]3C(=O)O2)C[C@H]1OC. The lowest BCUT2D eigenvalue weighted by Gasteiger charge is -2.42. The van der Waals surface area contributed by atoms with E-state index in [9.17, 15) is 39.0 Å². The van der Waals surface area contributed by atoms with Crippen molar-refractivity contribution in [2.45, 2.75) is 187 Å². The van der Waals surface area contributed by atoms with E-state index in [0.29, 0.717) is 142 Å². The molecule has 4 aliphatic rings. The maximum Gasteiger partial charge on any atom is 0.407 e. The highest BCUT2D eigenvalue weighted by Gasteiger charge is 2.53. The fourth-order valence-electron chi connectivity index (χ4n) is 11.9. The Morgan fingerprint density at radius 1 is 0.739 bits per heavy atom. The predicted molar refractivity (Wildman–Crippen MR) is 328 cm³/mol. The number of hydrogen-bond donors (Lipinski definition) is 3. The molecule has 22 nitrogen and oxygen atoms in total. The maximum atomic E-state index is 14.7. The number of allylic oxidation sites excluding steroid dienone is 6. The fourth-order valence-corrected chi connectivity index (χ4v) is 11.9. The van der Waals surface area contributed by atoms with Gasteiger partial charge in [0.2, 0.25) is 5.79 Å². The number of methoxy groups -OCH3 is 3. The molecule has 3 aliphatic heterocycles. The molecule has 0 aromatic carbocycles. The molecule has 2 unspecified atom stereocenters. The first-order valence-corrected chi connectivity index (χ1v) is 32.1. The van der Waals surface area contributed by atoms with Gasteiger partial charge < -0.3 is 77.3 Å². The lowest BCUT2D eigenvalue weighted by Crippen LogP contribution is -2.61. The van der Waals surface area contributed by atoms with Gasteiger partial charge in [-0.15, -0.1) is 0 Å². The minimum absolute atomic E-state index is 0.00253. The quantitative estimate of drug-likeness (QED) is 0.0339. The van der Waals surface area contributed by atoms with Gasteiger partial charge in [0.25, 0.3) is 11.7 Å². The van der Waals surface area contributed by atoms with Gasteiger partial charge in [-0.25, -0.2) is 9.59 Å². The Morgan fingerprint density at radius 3 is 1.99 bits per heavy atom. The number of nitrogens with one attached hydrogen (secondary N) is 1. The molecule has 2 bridgehead atoms. The molecule has 0 aromatic rings. The Labute approximate surface area is 523 Å². The number of aliphatic hydroxyl groups is 2. The molecule has 3 heterocycles. The Kier molecular flexibility index (Phi) is 35.7. The lowest BCUT2D eigenvalue weighted by molar-refractivity contribution is -0.265. The summed E-state index contributed by atoms with van der Waals surface area (Å²) >= 11 is 0. The van der Waals surface area contributed by atoms with Gasteiger partial charge in [-0.05, 0) is 114 Å². The molecular weight excluding hydrogens is 1140 g/mol. The first kappa shape index (κ1) is 76.2. The zero-order valence-corrected chi connectivity index (χ0v) is 54.6. The van der Waals surface area contributed by atoms with E-state index < -0.39 is 102 Å². The van der Waals surface area contributed by atoms with E-state index in [4.69, 9.17) is 56.8 Å². The van der Waals surface area contributed by atoms with E-state index >= 15 is 0 Å². The van der Waals surface area contributed by atoms with Gasteiger partial charge in [0.05, 0.1) is 91.0 Å². The molecule has 15 atom stereocenters. The van der Waals surface area contributed by atoms with Crippen LogP contribution in [0.2, 0.25) is 0 Å². The number of Topliss-reactive ketones (excluding diaryl/α,β-unsaturated/α-hetero) is 3. The van der Waals surface area contributed by atoms with Gasteiger partial charge in [-0.2, -0.15) is 0 Å². The number of rotatable bonds is 26.